The van der Waals surface area contributed by atoms with Crippen molar-refractivity contribution in [3.63, 3.8) is 0 Å². The summed E-state index contributed by atoms with van der Waals surface area (Å²) < 4.78 is 0.977. The third kappa shape index (κ3) is 7.15. The predicted octanol–water partition coefficient (Wildman–Crippen LogP) is 5.14. The van der Waals surface area contributed by atoms with Crippen LogP contribution in [0.5, 0.6) is 0 Å². The number of rotatable bonds is 9. The van der Waals surface area contributed by atoms with E-state index in [9.17, 15) is 9.59 Å². The standard InChI is InChI=1S/C21H24BrClN2O2S/c1-3-24-21(27)15(2)25(14-16-4-6-17(22)7-5-16)20(26)12-13-28-19-10-8-18(23)9-11-19/h4-11,15H,3,12-14H2,1-2H3,(H,24,27)/t15-/m1/s1. The highest BCUT2D eigenvalue weighted by Gasteiger charge is 2.25. The number of nitrogens with zero attached hydrogens (tertiary/aromatic N) is 1. The van der Waals surface area contributed by atoms with Crippen molar-refractivity contribution < 1.29 is 9.59 Å². The Hall–Kier alpha value is -1.50. The molecule has 0 heterocycles. The van der Waals surface area contributed by atoms with Crippen LogP contribution in [0.25, 0.3) is 0 Å². The Bertz CT molecular complexity index is 784. The van der Waals surface area contributed by atoms with Crippen LogP contribution >= 0.6 is 39.3 Å². The molecule has 0 aliphatic carbocycles. The van der Waals surface area contributed by atoms with Crippen molar-refractivity contribution in [3.8, 4) is 0 Å². The highest BCUT2D eigenvalue weighted by Crippen LogP contribution is 2.22. The van der Waals surface area contributed by atoms with Gasteiger partial charge in [-0.15, -0.1) is 11.8 Å². The molecule has 1 atom stereocenters. The van der Waals surface area contributed by atoms with Crippen LogP contribution in [0.2, 0.25) is 5.02 Å². The number of carbonyl (C=O) groups excluding carboxylic acids is 2. The summed E-state index contributed by atoms with van der Waals surface area (Å²) in [4.78, 5) is 28.0. The summed E-state index contributed by atoms with van der Waals surface area (Å²) >= 11 is 10.9. The first-order valence-electron chi connectivity index (χ1n) is 9.10. The van der Waals surface area contributed by atoms with Crippen LogP contribution in [0.1, 0.15) is 25.8 Å². The van der Waals surface area contributed by atoms with E-state index in [1.165, 1.54) is 0 Å². The minimum atomic E-state index is -0.531. The fourth-order valence-electron chi connectivity index (χ4n) is 2.62. The maximum atomic E-state index is 12.9. The molecule has 0 spiro atoms. The first kappa shape index (κ1) is 22.8. The zero-order valence-electron chi connectivity index (χ0n) is 16.0. The lowest BCUT2D eigenvalue weighted by Crippen LogP contribution is -2.47. The highest BCUT2D eigenvalue weighted by atomic mass is 79.9. The molecule has 1 N–H and O–H groups in total. The molecule has 2 aromatic rings. The summed E-state index contributed by atoms with van der Waals surface area (Å²) in [7, 11) is 0. The summed E-state index contributed by atoms with van der Waals surface area (Å²) in [6, 6.07) is 14.8. The molecule has 0 aliphatic rings. The molecule has 0 unspecified atom stereocenters. The van der Waals surface area contributed by atoms with E-state index < -0.39 is 6.04 Å². The van der Waals surface area contributed by atoms with Gasteiger partial charge < -0.3 is 10.2 Å². The third-order valence-corrected chi connectivity index (χ3v) is 5.98. The molecule has 2 rings (SSSR count). The quantitative estimate of drug-likeness (QED) is 0.503. The van der Waals surface area contributed by atoms with E-state index in [4.69, 9.17) is 11.6 Å². The number of amides is 2. The predicted molar refractivity (Wildman–Crippen MR) is 120 cm³/mol. The Labute approximate surface area is 184 Å². The second-order valence-electron chi connectivity index (χ2n) is 6.27. The average Bonchev–Trinajstić information content (AvgIpc) is 2.68. The van der Waals surface area contributed by atoms with Gasteiger partial charge in [-0.3, -0.25) is 9.59 Å². The monoisotopic (exact) mass is 482 g/mol. The van der Waals surface area contributed by atoms with E-state index in [1.807, 2.05) is 55.5 Å². The molecule has 0 bridgehead atoms. The molecule has 28 heavy (non-hydrogen) atoms. The second kappa shape index (κ2) is 11.5. The van der Waals surface area contributed by atoms with Crippen LogP contribution in [-0.4, -0.2) is 35.1 Å². The first-order chi connectivity index (χ1) is 13.4. The van der Waals surface area contributed by atoms with Crippen LogP contribution in [0.3, 0.4) is 0 Å². The van der Waals surface area contributed by atoms with Crippen LogP contribution < -0.4 is 5.32 Å². The molecule has 0 fully saturated rings. The number of likely N-dealkylation sites (N-methyl/N-ethyl adjacent to an activating group) is 1. The number of nitrogens with one attached hydrogen (secondary N) is 1. The van der Waals surface area contributed by atoms with Crippen molar-refractivity contribution in [2.75, 3.05) is 12.3 Å². The SMILES string of the molecule is CCNC(=O)[C@@H](C)N(Cc1ccc(Br)cc1)C(=O)CCSc1ccc(Cl)cc1. The van der Waals surface area contributed by atoms with Gasteiger partial charge in [0.1, 0.15) is 6.04 Å². The molecule has 0 aliphatic heterocycles. The maximum absolute atomic E-state index is 12.9. The summed E-state index contributed by atoms with van der Waals surface area (Å²) in [6.45, 7) is 4.58. The van der Waals surface area contributed by atoms with Gasteiger partial charge in [-0.2, -0.15) is 0 Å². The molecular formula is C21H24BrClN2O2S. The molecule has 2 amide bonds. The lowest BCUT2D eigenvalue weighted by Gasteiger charge is -2.28. The fourth-order valence-corrected chi connectivity index (χ4v) is 3.85. The van der Waals surface area contributed by atoms with Crippen molar-refractivity contribution in [2.24, 2.45) is 0 Å². The molecule has 0 saturated heterocycles. The van der Waals surface area contributed by atoms with Crippen LogP contribution in [0.15, 0.2) is 57.9 Å². The molecule has 0 aromatic heterocycles. The van der Waals surface area contributed by atoms with Gasteiger partial charge in [-0.05, 0) is 55.8 Å². The lowest BCUT2D eigenvalue weighted by molar-refractivity contribution is -0.140. The van der Waals surface area contributed by atoms with Gasteiger partial charge in [0.25, 0.3) is 0 Å². The Morgan fingerprint density at radius 3 is 2.39 bits per heavy atom. The van der Waals surface area contributed by atoms with Gasteiger partial charge in [0.05, 0.1) is 0 Å². The number of thioether (sulfide) groups is 1. The normalized spacial score (nSPS) is 11.7. The van der Waals surface area contributed by atoms with E-state index in [1.54, 1.807) is 23.6 Å². The zero-order chi connectivity index (χ0) is 20.5. The first-order valence-corrected chi connectivity index (χ1v) is 11.3. The van der Waals surface area contributed by atoms with Crippen molar-refractivity contribution in [2.45, 2.75) is 37.8 Å². The summed E-state index contributed by atoms with van der Waals surface area (Å²) in [6.07, 6.45) is 0.355. The summed E-state index contributed by atoms with van der Waals surface area (Å²) in [5, 5.41) is 3.50. The van der Waals surface area contributed by atoms with Crippen LogP contribution in [0.4, 0.5) is 0 Å². The molecule has 2 aromatic carbocycles. The molecule has 150 valence electrons. The van der Waals surface area contributed by atoms with E-state index in [0.29, 0.717) is 30.3 Å². The number of benzene rings is 2. The second-order valence-corrected chi connectivity index (χ2v) is 8.79. The Morgan fingerprint density at radius 2 is 1.79 bits per heavy atom. The number of hydrogen-bond acceptors (Lipinski definition) is 3. The van der Waals surface area contributed by atoms with Gasteiger partial charge in [-0.1, -0.05) is 39.7 Å². The Balaban J connectivity index is 2.03. The van der Waals surface area contributed by atoms with E-state index in [2.05, 4.69) is 21.2 Å². The molecule has 4 nitrogen and oxygen atoms in total. The Morgan fingerprint density at radius 1 is 1.14 bits per heavy atom. The maximum Gasteiger partial charge on any atom is 0.242 e. The number of hydrogen-bond donors (Lipinski definition) is 1. The van der Waals surface area contributed by atoms with Crippen molar-refractivity contribution in [1.82, 2.24) is 10.2 Å². The largest absolute Gasteiger partial charge is 0.355 e. The van der Waals surface area contributed by atoms with Gasteiger partial charge >= 0.3 is 0 Å². The number of carbonyl (C=O) groups is 2. The van der Waals surface area contributed by atoms with Gasteiger partial charge in [0.2, 0.25) is 11.8 Å². The van der Waals surface area contributed by atoms with Crippen molar-refractivity contribution in [1.29, 1.82) is 0 Å². The molecule has 0 radical (unpaired) electrons. The zero-order valence-corrected chi connectivity index (χ0v) is 19.1. The fraction of sp³-hybridized carbons (Fsp3) is 0.333. The summed E-state index contributed by atoms with van der Waals surface area (Å²) in [5.74, 6) is 0.459. The van der Waals surface area contributed by atoms with Gasteiger partial charge in [0, 0.05) is 39.7 Å². The summed E-state index contributed by atoms with van der Waals surface area (Å²) in [5.41, 5.74) is 0.984. The number of halogens is 2. The van der Waals surface area contributed by atoms with Gasteiger partial charge in [0.15, 0.2) is 0 Å². The smallest absolute Gasteiger partial charge is 0.242 e. The van der Waals surface area contributed by atoms with Crippen LogP contribution in [-0.2, 0) is 16.1 Å². The molecule has 0 saturated carbocycles. The van der Waals surface area contributed by atoms with Crippen LogP contribution in [0, 0.1) is 0 Å². The topological polar surface area (TPSA) is 49.4 Å². The van der Waals surface area contributed by atoms with E-state index in [0.717, 1.165) is 14.9 Å². The molecular weight excluding hydrogens is 460 g/mol. The minimum Gasteiger partial charge on any atom is -0.355 e. The van der Waals surface area contributed by atoms with E-state index in [-0.39, 0.29) is 11.8 Å². The minimum absolute atomic E-state index is 0.0388. The average molecular weight is 484 g/mol. The third-order valence-electron chi connectivity index (χ3n) is 4.18. The molecule has 7 heteroatoms. The van der Waals surface area contributed by atoms with E-state index >= 15 is 0 Å². The van der Waals surface area contributed by atoms with Gasteiger partial charge in [-0.25, -0.2) is 0 Å². The Kier molecular flexibility index (Phi) is 9.35. The van der Waals surface area contributed by atoms with Crippen molar-refractivity contribution >= 4 is 51.1 Å². The highest BCUT2D eigenvalue weighted by molar-refractivity contribution is 9.10. The van der Waals surface area contributed by atoms with Crippen molar-refractivity contribution in [3.05, 3.63) is 63.6 Å². The lowest BCUT2D eigenvalue weighted by atomic mass is 10.1.